The van der Waals surface area contributed by atoms with Gasteiger partial charge in [-0.25, -0.2) is 4.39 Å². The van der Waals surface area contributed by atoms with Crippen LogP contribution in [0, 0.1) is 0 Å². The average Bonchev–Trinajstić information content (AvgIpc) is 2.01. The van der Waals surface area contributed by atoms with E-state index in [-0.39, 0.29) is 5.56 Å². The first kappa shape index (κ1) is 11.6. The van der Waals surface area contributed by atoms with Crippen molar-refractivity contribution in [2.45, 2.75) is 10.8 Å². The summed E-state index contributed by atoms with van der Waals surface area (Å²) in [6.45, 7) is 0. The topological polar surface area (TPSA) is 0 Å². The van der Waals surface area contributed by atoms with Crippen LogP contribution in [0.25, 0.3) is 0 Å². The van der Waals surface area contributed by atoms with E-state index in [0.717, 1.165) is 12.1 Å². The molecule has 0 saturated carbocycles. The molecule has 14 heavy (non-hydrogen) atoms. The third-order valence-corrected chi connectivity index (χ3v) is 1.98. The first-order chi connectivity index (χ1) is 6.21. The summed E-state index contributed by atoms with van der Waals surface area (Å²) in [7, 11) is 0. The SMILES string of the molecule is FC(F)(F)c1ccc(C(F)(Cl)Cl)cc1. The standard InChI is InChI=1S/C8H4Cl2F4/c9-7(10,11)5-1-3-6(4-2-5)8(12,13)14/h1-4H. The largest absolute Gasteiger partial charge is 0.416 e. The van der Waals surface area contributed by atoms with Crippen molar-refractivity contribution in [3.05, 3.63) is 35.4 Å². The molecule has 1 aromatic carbocycles. The molecule has 6 heteroatoms. The third kappa shape index (κ3) is 2.75. The molecule has 0 unspecified atom stereocenters. The van der Waals surface area contributed by atoms with Gasteiger partial charge in [0.05, 0.1) is 5.56 Å². The van der Waals surface area contributed by atoms with Crippen molar-refractivity contribution < 1.29 is 17.6 Å². The third-order valence-electron chi connectivity index (χ3n) is 1.54. The number of hydrogen-bond donors (Lipinski definition) is 0. The summed E-state index contributed by atoms with van der Waals surface area (Å²) >= 11 is 10.1. The van der Waals surface area contributed by atoms with Gasteiger partial charge in [0.25, 0.3) is 4.59 Å². The fourth-order valence-corrected chi connectivity index (χ4v) is 1.10. The predicted molar refractivity (Wildman–Crippen MR) is 45.9 cm³/mol. The molecule has 0 aliphatic rings. The molecule has 0 heterocycles. The van der Waals surface area contributed by atoms with Gasteiger partial charge in [-0.1, -0.05) is 35.3 Å². The Hall–Kier alpha value is -0.480. The molecular formula is C8H4Cl2F4. The van der Waals surface area contributed by atoms with Gasteiger partial charge in [-0.15, -0.1) is 0 Å². The Morgan fingerprint density at radius 1 is 0.786 bits per heavy atom. The number of benzene rings is 1. The van der Waals surface area contributed by atoms with Crippen molar-refractivity contribution in [1.82, 2.24) is 0 Å². The quantitative estimate of drug-likeness (QED) is 0.513. The van der Waals surface area contributed by atoms with Crippen LogP contribution in [0.4, 0.5) is 17.6 Å². The van der Waals surface area contributed by atoms with Crippen LogP contribution in [0.15, 0.2) is 24.3 Å². The molecule has 0 nitrogen and oxygen atoms in total. The van der Waals surface area contributed by atoms with E-state index >= 15 is 0 Å². The van der Waals surface area contributed by atoms with Gasteiger partial charge < -0.3 is 0 Å². The lowest BCUT2D eigenvalue weighted by Gasteiger charge is -2.11. The van der Waals surface area contributed by atoms with Crippen LogP contribution in [-0.2, 0) is 10.8 Å². The molecule has 0 amide bonds. The first-order valence-corrected chi connectivity index (χ1v) is 4.21. The number of halogens is 6. The minimum Gasteiger partial charge on any atom is -0.203 e. The smallest absolute Gasteiger partial charge is 0.203 e. The molecule has 0 bridgehead atoms. The van der Waals surface area contributed by atoms with E-state index in [1.807, 2.05) is 0 Å². The minimum absolute atomic E-state index is 0.228. The van der Waals surface area contributed by atoms with Crippen molar-refractivity contribution in [3.8, 4) is 0 Å². The van der Waals surface area contributed by atoms with E-state index in [1.165, 1.54) is 0 Å². The lowest BCUT2D eigenvalue weighted by Crippen LogP contribution is -2.07. The zero-order chi connectivity index (χ0) is 11.0. The summed E-state index contributed by atoms with van der Waals surface area (Å²) in [6, 6.07) is 3.22. The summed E-state index contributed by atoms with van der Waals surface area (Å²) in [5.74, 6) is 0. The molecule has 1 rings (SSSR count). The number of alkyl halides is 6. The van der Waals surface area contributed by atoms with E-state index < -0.39 is 16.3 Å². The highest BCUT2D eigenvalue weighted by atomic mass is 35.5. The summed E-state index contributed by atoms with van der Waals surface area (Å²) in [4.78, 5) is 0. The zero-order valence-corrected chi connectivity index (χ0v) is 8.09. The fraction of sp³-hybridized carbons (Fsp3) is 0.250. The summed E-state index contributed by atoms with van der Waals surface area (Å²) in [6.07, 6.45) is -4.45. The molecule has 0 aliphatic heterocycles. The van der Waals surface area contributed by atoms with E-state index in [1.54, 1.807) is 0 Å². The van der Waals surface area contributed by atoms with Crippen LogP contribution in [0.5, 0.6) is 0 Å². The van der Waals surface area contributed by atoms with E-state index in [9.17, 15) is 17.6 Å². The van der Waals surface area contributed by atoms with Gasteiger partial charge in [-0.2, -0.15) is 13.2 Å². The van der Waals surface area contributed by atoms with Crippen molar-refractivity contribution in [2.75, 3.05) is 0 Å². The van der Waals surface area contributed by atoms with Crippen molar-refractivity contribution >= 4 is 23.2 Å². The van der Waals surface area contributed by atoms with Crippen molar-refractivity contribution in [3.63, 3.8) is 0 Å². The van der Waals surface area contributed by atoms with Crippen LogP contribution in [0.1, 0.15) is 11.1 Å². The molecule has 0 spiro atoms. The highest BCUT2D eigenvalue weighted by Crippen LogP contribution is 2.37. The second-order valence-electron chi connectivity index (χ2n) is 2.57. The summed E-state index contributed by atoms with van der Waals surface area (Å²) < 4.78 is 46.3. The van der Waals surface area contributed by atoms with Gasteiger partial charge in [-0.05, 0) is 12.1 Å². The fourth-order valence-electron chi connectivity index (χ4n) is 0.848. The normalized spacial score (nSPS) is 13.0. The number of rotatable bonds is 1. The monoisotopic (exact) mass is 246 g/mol. The van der Waals surface area contributed by atoms with Crippen LogP contribution in [0.3, 0.4) is 0 Å². The van der Waals surface area contributed by atoms with E-state index in [2.05, 4.69) is 0 Å². The molecule has 0 fully saturated rings. The summed E-state index contributed by atoms with van der Waals surface area (Å²) in [5.41, 5.74) is -1.10. The highest BCUT2D eigenvalue weighted by molar-refractivity contribution is 6.46. The van der Waals surface area contributed by atoms with Crippen molar-refractivity contribution in [1.29, 1.82) is 0 Å². The maximum absolute atomic E-state index is 12.8. The van der Waals surface area contributed by atoms with Gasteiger partial charge in [0.1, 0.15) is 0 Å². The average molecular weight is 247 g/mol. The van der Waals surface area contributed by atoms with Crippen LogP contribution >= 0.6 is 23.2 Å². The highest BCUT2D eigenvalue weighted by Gasteiger charge is 2.32. The molecule has 0 aromatic heterocycles. The summed E-state index contributed by atoms with van der Waals surface area (Å²) in [5, 5.41) is 0. The van der Waals surface area contributed by atoms with Gasteiger partial charge >= 0.3 is 6.18 Å². The molecule has 0 N–H and O–H groups in total. The minimum atomic E-state index is -4.45. The lowest BCUT2D eigenvalue weighted by molar-refractivity contribution is -0.137. The maximum atomic E-state index is 12.8. The van der Waals surface area contributed by atoms with E-state index in [4.69, 9.17) is 23.2 Å². The second kappa shape index (κ2) is 3.59. The Labute approximate surface area is 87.4 Å². The Balaban J connectivity index is 3.02. The van der Waals surface area contributed by atoms with Gasteiger partial charge in [0.2, 0.25) is 0 Å². The predicted octanol–water partition coefficient (Wildman–Crippen LogP) is 4.26. The molecule has 78 valence electrons. The lowest BCUT2D eigenvalue weighted by atomic mass is 10.1. The van der Waals surface area contributed by atoms with Crippen LogP contribution < -0.4 is 0 Å². The van der Waals surface area contributed by atoms with Crippen LogP contribution in [-0.4, -0.2) is 0 Å². The van der Waals surface area contributed by atoms with Gasteiger partial charge in [-0.3, -0.25) is 0 Å². The maximum Gasteiger partial charge on any atom is 0.416 e. The number of hydrogen-bond acceptors (Lipinski definition) is 0. The first-order valence-electron chi connectivity index (χ1n) is 3.46. The van der Waals surface area contributed by atoms with Gasteiger partial charge in [0, 0.05) is 5.56 Å². The Morgan fingerprint density at radius 3 is 1.43 bits per heavy atom. The van der Waals surface area contributed by atoms with Crippen LogP contribution in [0.2, 0.25) is 0 Å². The molecular weight excluding hydrogens is 243 g/mol. The van der Waals surface area contributed by atoms with Gasteiger partial charge in [0.15, 0.2) is 0 Å². The molecule has 0 saturated heterocycles. The van der Waals surface area contributed by atoms with E-state index in [0.29, 0.717) is 12.1 Å². The molecule has 0 atom stereocenters. The molecule has 0 aliphatic carbocycles. The molecule has 1 aromatic rings. The Morgan fingerprint density at radius 2 is 1.14 bits per heavy atom. The zero-order valence-electron chi connectivity index (χ0n) is 6.58. The molecule has 0 radical (unpaired) electrons. The Bertz CT molecular complexity index is 277. The Kier molecular flexibility index (Phi) is 2.97. The van der Waals surface area contributed by atoms with Crippen molar-refractivity contribution in [2.24, 2.45) is 0 Å². The second-order valence-corrected chi connectivity index (χ2v) is 3.81.